The van der Waals surface area contributed by atoms with Gasteiger partial charge < -0.3 is 5.32 Å². The van der Waals surface area contributed by atoms with E-state index in [0.29, 0.717) is 5.15 Å². The summed E-state index contributed by atoms with van der Waals surface area (Å²) in [5.41, 5.74) is 0.950. The Bertz CT molecular complexity index is 271. The number of nitrogens with one attached hydrogen (secondary N) is 1. The number of anilines is 1. The zero-order chi connectivity index (χ0) is 8.39. The summed E-state index contributed by atoms with van der Waals surface area (Å²) in [7, 11) is 0. The monoisotopic (exact) mass is 182 g/mol. The van der Waals surface area contributed by atoms with Gasteiger partial charge in [-0.25, -0.2) is 4.98 Å². The van der Waals surface area contributed by atoms with Gasteiger partial charge in [-0.15, -0.1) is 0 Å². The van der Waals surface area contributed by atoms with Crippen molar-refractivity contribution in [2.24, 2.45) is 5.92 Å². The molecule has 0 bridgehead atoms. The number of aromatic nitrogens is 1. The molecule has 2 rings (SSSR count). The maximum Gasteiger partial charge on any atom is 0.152 e. The topological polar surface area (TPSA) is 24.9 Å². The van der Waals surface area contributed by atoms with Gasteiger partial charge in [-0.3, -0.25) is 0 Å². The van der Waals surface area contributed by atoms with E-state index in [2.05, 4.69) is 10.3 Å². The van der Waals surface area contributed by atoms with Crippen LogP contribution in [0.15, 0.2) is 18.3 Å². The van der Waals surface area contributed by atoms with E-state index in [9.17, 15) is 0 Å². The van der Waals surface area contributed by atoms with E-state index in [0.717, 1.165) is 18.2 Å². The smallest absolute Gasteiger partial charge is 0.152 e. The molecule has 0 unspecified atom stereocenters. The third-order valence-corrected chi connectivity index (χ3v) is 2.34. The van der Waals surface area contributed by atoms with Gasteiger partial charge in [0.1, 0.15) is 0 Å². The summed E-state index contributed by atoms with van der Waals surface area (Å²) >= 11 is 5.85. The molecule has 0 radical (unpaired) electrons. The summed E-state index contributed by atoms with van der Waals surface area (Å²) in [6.07, 6.45) is 4.40. The molecule has 1 aromatic heterocycles. The molecular weight excluding hydrogens is 172 g/mol. The molecule has 0 saturated heterocycles. The number of halogens is 1. The Kier molecular flexibility index (Phi) is 2.17. The first-order valence-electron chi connectivity index (χ1n) is 4.20. The zero-order valence-corrected chi connectivity index (χ0v) is 7.51. The van der Waals surface area contributed by atoms with Crippen molar-refractivity contribution >= 4 is 17.3 Å². The Labute approximate surface area is 77.0 Å². The average Bonchev–Trinajstić information content (AvgIpc) is 2.86. The van der Waals surface area contributed by atoms with Crippen molar-refractivity contribution in [3.8, 4) is 0 Å². The Morgan fingerprint density at radius 1 is 1.58 bits per heavy atom. The van der Waals surface area contributed by atoms with Crippen LogP contribution in [0.25, 0.3) is 0 Å². The van der Waals surface area contributed by atoms with Gasteiger partial charge in [0.25, 0.3) is 0 Å². The largest absolute Gasteiger partial charge is 0.382 e. The molecule has 0 atom stereocenters. The lowest BCUT2D eigenvalue weighted by molar-refractivity contribution is 0.888. The summed E-state index contributed by atoms with van der Waals surface area (Å²) in [4.78, 5) is 3.98. The summed E-state index contributed by atoms with van der Waals surface area (Å²) in [6.45, 7) is 1.03. The van der Waals surface area contributed by atoms with Crippen molar-refractivity contribution < 1.29 is 0 Å². The highest BCUT2D eigenvalue weighted by molar-refractivity contribution is 6.31. The molecule has 1 aromatic rings. The second-order valence-electron chi connectivity index (χ2n) is 3.17. The molecule has 12 heavy (non-hydrogen) atoms. The van der Waals surface area contributed by atoms with E-state index in [4.69, 9.17) is 11.6 Å². The average molecular weight is 183 g/mol. The number of hydrogen-bond acceptors (Lipinski definition) is 2. The first kappa shape index (κ1) is 7.87. The molecule has 0 aliphatic heterocycles. The molecule has 1 N–H and O–H groups in total. The first-order valence-corrected chi connectivity index (χ1v) is 4.58. The van der Waals surface area contributed by atoms with Gasteiger partial charge in [0.15, 0.2) is 5.15 Å². The predicted molar refractivity (Wildman–Crippen MR) is 50.5 cm³/mol. The highest BCUT2D eigenvalue weighted by Gasteiger charge is 2.20. The van der Waals surface area contributed by atoms with Crippen LogP contribution in [0.3, 0.4) is 0 Å². The molecule has 3 heteroatoms. The van der Waals surface area contributed by atoms with E-state index >= 15 is 0 Å². The van der Waals surface area contributed by atoms with Crippen LogP contribution in [-0.2, 0) is 0 Å². The summed E-state index contributed by atoms with van der Waals surface area (Å²) in [6, 6.07) is 3.85. The van der Waals surface area contributed by atoms with Crippen molar-refractivity contribution in [2.75, 3.05) is 11.9 Å². The molecule has 0 aromatic carbocycles. The van der Waals surface area contributed by atoms with Crippen molar-refractivity contribution in [1.29, 1.82) is 0 Å². The minimum absolute atomic E-state index is 0.568. The van der Waals surface area contributed by atoms with Gasteiger partial charge in [0.2, 0.25) is 0 Å². The SMILES string of the molecule is Clc1ncccc1NCC1CC1. The Balaban J connectivity index is 1.96. The van der Waals surface area contributed by atoms with E-state index in [1.54, 1.807) is 6.20 Å². The second kappa shape index (κ2) is 3.31. The van der Waals surface area contributed by atoms with Crippen LogP contribution >= 0.6 is 11.6 Å². The quantitative estimate of drug-likeness (QED) is 0.727. The molecular formula is C9H11ClN2. The summed E-state index contributed by atoms with van der Waals surface area (Å²) in [5.74, 6) is 0.862. The van der Waals surface area contributed by atoms with Crippen molar-refractivity contribution in [3.05, 3.63) is 23.5 Å². The van der Waals surface area contributed by atoms with Crippen molar-refractivity contribution in [1.82, 2.24) is 4.98 Å². The summed E-state index contributed by atoms with van der Waals surface area (Å²) in [5, 5.41) is 3.85. The van der Waals surface area contributed by atoms with E-state index < -0.39 is 0 Å². The molecule has 1 saturated carbocycles. The molecule has 1 heterocycles. The van der Waals surface area contributed by atoms with Crippen molar-refractivity contribution in [2.45, 2.75) is 12.8 Å². The fourth-order valence-corrected chi connectivity index (χ4v) is 1.28. The fourth-order valence-electron chi connectivity index (χ4n) is 1.09. The predicted octanol–water partition coefficient (Wildman–Crippen LogP) is 2.56. The molecule has 64 valence electrons. The van der Waals surface area contributed by atoms with Crippen LogP contribution in [0.2, 0.25) is 5.15 Å². The molecule has 1 fully saturated rings. The van der Waals surface area contributed by atoms with Crippen LogP contribution in [-0.4, -0.2) is 11.5 Å². The third kappa shape index (κ3) is 1.89. The van der Waals surface area contributed by atoms with Crippen LogP contribution in [0.5, 0.6) is 0 Å². The van der Waals surface area contributed by atoms with Gasteiger partial charge in [0, 0.05) is 12.7 Å². The lowest BCUT2D eigenvalue weighted by Gasteiger charge is -2.05. The van der Waals surface area contributed by atoms with E-state index in [-0.39, 0.29) is 0 Å². The minimum Gasteiger partial charge on any atom is -0.382 e. The highest BCUT2D eigenvalue weighted by atomic mass is 35.5. The maximum atomic E-state index is 5.85. The second-order valence-corrected chi connectivity index (χ2v) is 3.52. The fraction of sp³-hybridized carbons (Fsp3) is 0.444. The Morgan fingerprint density at radius 2 is 2.42 bits per heavy atom. The number of rotatable bonds is 3. The lowest BCUT2D eigenvalue weighted by Crippen LogP contribution is -2.03. The number of pyridine rings is 1. The van der Waals surface area contributed by atoms with E-state index in [1.807, 2.05) is 12.1 Å². The van der Waals surface area contributed by atoms with Gasteiger partial charge in [-0.2, -0.15) is 0 Å². The molecule has 1 aliphatic rings. The van der Waals surface area contributed by atoms with Gasteiger partial charge >= 0.3 is 0 Å². The summed E-state index contributed by atoms with van der Waals surface area (Å²) < 4.78 is 0. The third-order valence-electron chi connectivity index (χ3n) is 2.04. The molecule has 2 nitrogen and oxygen atoms in total. The highest BCUT2D eigenvalue weighted by Crippen LogP contribution is 2.29. The van der Waals surface area contributed by atoms with Crippen molar-refractivity contribution in [3.63, 3.8) is 0 Å². The zero-order valence-electron chi connectivity index (χ0n) is 6.76. The molecule has 0 amide bonds. The van der Waals surface area contributed by atoms with Crippen LogP contribution in [0, 0.1) is 5.92 Å². The van der Waals surface area contributed by atoms with Gasteiger partial charge in [0.05, 0.1) is 5.69 Å². The molecule has 0 spiro atoms. The van der Waals surface area contributed by atoms with Gasteiger partial charge in [-0.05, 0) is 30.9 Å². The number of nitrogens with zero attached hydrogens (tertiary/aromatic N) is 1. The maximum absolute atomic E-state index is 5.85. The van der Waals surface area contributed by atoms with Crippen LogP contribution in [0.1, 0.15) is 12.8 Å². The molecule has 1 aliphatic carbocycles. The Hall–Kier alpha value is -0.760. The lowest BCUT2D eigenvalue weighted by atomic mass is 10.3. The normalized spacial score (nSPS) is 16.1. The minimum atomic E-state index is 0.568. The van der Waals surface area contributed by atoms with Gasteiger partial charge in [-0.1, -0.05) is 11.6 Å². The first-order chi connectivity index (χ1) is 5.86. The van der Waals surface area contributed by atoms with Crippen LogP contribution in [0.4, 0.5) is 5.69 Å². The van der Waals surface area contributed by atoms with E-state index in [1.165, 1.54) is 12.8 Å². The Morgan fingerprint density at radius 3 is 3.08 bits per heavy atom. The standard InChI is InChI=1S/C9H11ClN2/c10-9-8(2-1-5-11-9)12-6-7-3-4-7/h1-2,5,7,12H,3-4,6H2. The van der Waals surface area contributed by atoms with Crippen LogP contribution < -0.4 is 5.32 Å². The number of hydrogen-bond donors (Lipinski definition) is 1.